The maximum atomic E-state index is 12.3. The molecule has 0 aliphatic heterocycles. The highest BCUT2D eigenvalue weighted by Gasteiger charge is 2.12. The molecule has 0 saturated carbocycles. The van der Waals surface area contributed by atoms with Crippen LogP contribution < -0.4 is 10.6 Å². The van der Waals surface area contributed by atoms with Crippen LogP contribution >= 0.6 is 11.6 Å². The molecule has 2 aromatic rings. The monoisotopic (exact) mass is 303 g/mol. The molecule has 21 heavy (non-hydrogen) atoms. The van der Waals surface area contributed by atoms with Crippen molar-refractivity contribution in [1.29, 1.82) is 0 Å². The van der Waals surface area contributed by atoms with Gasteiger partial charge in [0, 0.05) is 23.5 Å². The summed E-state index contributed by atoms with van der Waals surface area (Å²) in [4.78, 5) is 16.6. The largest absolute Gasteiger partial charge is 0.385 e. The molecular formula is C16H18ClN3O. The third-order valence-electron chi connectivity index (χ3n) is 3.13. The first-order valence-corrected chi connectivity index (χ1v) is 7.21. The lowest BCUT2D eigenvalue weighted by atomic mass is 10.1. The number of pyridine rings is 1. The van der Waals surface area contributed by atoms with E-state index in [1.54, 1.807) is 18.3 Å². The lowest BCUT2D eigenvalue weighted by Crippen LogP contribution is -2.24. The Morgan fingerprint density at radius 2 is 2.14 bits per heavy atom. The van der Waals surface area contributed by atoms with Crippen LogP contribution in [0.25, 0.3) is 0 Å². The number of hydrogen-bond donors (Lipinski definition) is 2. The van der Waals surface area contributed by atoms with Crippen molar-refractivity contribution in [3.8, 4) is 0 Å². The number of halogens is 1. The van der Waals surface area contributed by atoms with E-state index in [0.717, 1.165) is 23.5 Å². The van der Waals surface area contributed by atoms with Crippen molar-refractivity contribution >= 4 is 23.2 Å². The van der Waals surface area contributed by atoms with Crippen LogP contribution in [-0.4, -0.2) is 17.4 Å². The molecule has 0 bridgehead atoms. The van der Waals surface area contributed by atoms with Gasteiger partial charge < -0.3 is 10.6 Å². The molecule has 0 fully saturated rings. The van der Waals surface area contributed by atoms with Crippen molar-refractivity contribution in [3.63, 3.8) is 0 Å². The second kappa shape index (κ2) is 7.09. The fraction of sp³-hybridized carbons (Fsp3) is 0.250. The Hall–Kier alpha value is -2.07. The first kappa shape index (κ1) is 15.3. The van der Waals surface area contributed by atoms with Crippen molar-refractivity contribution in [2.45, 2.75) is 20.4 Å². The van der Waals surface area contributed by atoms with Crippen molar-refractivity contribution in [1.82, 2.24) is 10.3 Å². The van der Waals surface area contributed by atoms with Gasteiger partial charge in [0.25, 0.3) is 5.91 Å². The zero-order chi connectivity index (χ0) is 15.2. The summed E-state index contributed by atoms with van der Waals surface area (Å²) in [6, 6.07) is 9.09. The van der Waals surface area contributed by atoms with Gasteiger partial charge in [0.1, 0.15) is 0 Å². The van der Waals surface area contributed by atoms with Crippen LogP contribution in [0.5, 0.6) is 0 Å². The minimum absolute atomic E-state index is 0.168. The molecule has 0 saturated heterocycles. The van der Waals surface area contributed by atoms with E-state index in [9.17, 15) is 4.79 Å². The number of rotatable bonds is 5. The smallest absolute Gasteiger partial charge is 0.253 e. The maximum Gasteiger partial charge on any atom is 0.253 e. The Kier molecular flexibility index (Phi) is 5.17. The maximum absolute atomic E-state index is 12.3. The molecule has 2 rings (SSSR count). The average molecular weight is 304 g/mol. The number of carbonyl (C=O) groups excluding carboxylic acids is 1. The lowest BCUT2D eigenvalue weighted by Gasteiger charge is -2.12. The molecule has 0 spiro atoms. The summed E-state index contributed by atoms with van der Waals surface area (Å²) >= 11 is 5.98. The Balaban J connectivity index is 2.13. The van der Waals surface area contributed by atoms with Gasteiger partial charge in [-0.2, -0.15) is 0 Å². The Labute approximate surface area is 129 Å². The van der Waals surface area contributed by atoms with Gasteiger partial charge in [0.05, 0.1) is 17.8 Å². The van der Waals surface area contributed by atoms with Crippen molar-refractivity contribution < 1.29 is 4.79 Å². The first-order chi connectivity index (χ1) is 10.1. The number of nitrogens with one attached hydrogen (secondary N) is 2. The van der Waals surface area contributed by atoms with Crippen LogP contribution in [0.2, 0.25) is 5.02 Å². The first-order valence-electron chi connectivity index (χ1n) is 6.84. The molecule has 1 aromatic heterocycles. The fourth-order valence-corrected chi connectivity index (χ4v) is 2.18. The van der Waals surface area contributed by atoms with E-state index in [2.05, 4.69) is 15.6 Å². The quantitative estimate of drug-likeness (QED) is 0.890. The summed E-state index contributed by atoms with van der Waals surface area (Å²) in [5.41, 5.74) is 3.23. The molecule has 1 heterocycles. The van der Waals surface area contributed by atoms with Gasteiger partial charge >= 0.3 is 0 Å². The number of carbonyl (C=O) groups is 1. The summed E-state index contributed by atoms with van der Waals surface area (Å²) < 4.78 is 0. The number of amides is 1. The van der Waals surface area contributed by atoms with Gasteiger partial charge in [-0.05, 0) is 43.7 Å². The molecule has 0 unspecified atom stereocenters. The molecular weight excluding hydrogens is 286 g/mol. The zero-order valence-corrected chi connectivity index (χ0v) is 12.9. The second-order valence-electron chi connectivity index (χ2n) is 4.67. The third-order valence-corrected chi connectivity index (χ3v) is 3.36. The van der Waals surface area contributed by atoms with Gasteiger partial charge in [0.15, 0.2) is 0 Å². The third kappa shape index (κ3) is 3.95. The predicted molar refractivity (Wildman–Crippen MR) is 85.8 cm³/mol. The summed E-state index contributed by atoms with van der Waals surface area (Å²) in [7, 11) is 0. The highest BCUT2D eigenvalue weighted by molar-refractivity contribution is 6.31. The molecule has 1 amide bonds. The van der Waals surface area contributed by atoms with E-state index >= 15 is 0 Å². The average Bonchev–Trinajstić information content (AvgIpc) is 2.48. The minimum atomic E-state index is -0.168. The van der Waals surface area contributed by atoms with Crippen LogP contribution in [-0.2, 0) is 6.54 Å². The zero-order valence-electron chi connectivity index (χ0n) is 12.1. The highest BCUT2D eigenvalue weighted by Crippen LogP contribution is 2.20. The number of aryl methyl sites for hydroxylation is 1. The standard InChI is InChI=1S/C16H18ClN3O/c1-3-18-14-7-6-12(17)9-13(14)16(21)20-10-15-11(2)5-4-8-19-15/h4-9,18H,3,10H2,1-2H3,(H,20,21). The van der Waals surface area contributed by atoms with Crippen LogP contribution in [0, 0.1) is 6.92 Å². The van der Waals surface area contributed by atoms with Crippen molar-refractivity contribution in [2.75, 3.05) is 11.9 Å². The number of anilines is 1. The highest BCUT2D eigenvalue weighted by atomic mass is 35.5. The summed E-state index contributed by atoms with van der Waals surface area (Å²) in [5, 5.41) is 6.58. The Morgan fingerprint density at radius 1 is 1.33 bits per heavy atom. The van der Waals surface area contributed by atoms with E-state index in [1.165, 1.54) is 0 Å². The van der Waals surface area contributed by atoms with E-state index in [0.29, 0.717) is 17.1 Å². The molecule has 0 radical (unpaired) electrons. The SMILES string of the molecule is CCNc1ccc(Cl)cc1C(=O)NCc1ncccc1C. The molecule has 0 aliphatic carbocycles. The normalized spacial score (nSPS) is 10.2. The Morgan fingerprint density at radius 3 is 2.86 bits per heavy atom. The van der Waals surface area contributed by atoms with Gasteiger partial charge in [-0.25, -0.2) is 0 Å². The lowest BCUT2D eigenvalue weighted by molar-refractivity contribution is 0.0951. The predicted octanol–water partition coefficient (Wildman–Crippen LogP) is 3.41. The van der Waals surface area contributed by atoms with E-state index in [1.807, 2.05) is 32.0 Å². The van der Waals surface area contributed by atoms with E-state index in [4.69, 9.17) is 11.6 Å². The van der Waals surface area contributed by atoms with Crippen LogP contribution in [0.1, 0.15) is 28.5 Å². The van der Waals surface area contributed by atoms with Crippen LogP contribution in [0.15, 0.2) is 36.5 Å². The molecule has 5 heteroatoms. The molecule has 0 aliphatic rings. The summed E-state index contributed by atoms with van der Waals surface area (Å²) in [6.45, 7) is 5.08. The van der Waals surface area contributed by atoms with Gasteiger partial charge in [0.2, 0.25) is 0 Å². The number of hydrogen-bond acceptors (Lipinski definition) is 3. The van der Waals surface area contributed by atoms with E-state index < -0.39 is 0 Å². The van der Waals surface area contributed by atoms with E-state index in [-0.39, 0.29) is 5.91 Å². The van der Waals surface area contributed by atoms with Gasteiger partial charge in [-0.3, -0.25) is 9.78 Å². The molecule has 4 nitrogen and oxygen atoms in total. The number of aromatic nitrogens is 1. The molecule has 110 valence electrons. The van der Waals surface area contributed by atoms with Crippen molar-refractivity contribution in [2.24, 2.45) is 0 Å². The Bertz CT molecular complexity index is 643. The number of nitrogens with zero attached hydrogens (tertiary/aromatic N) is 1. The van der Waals surface area contributed by atoms with Crippen molar-refractivity contribution in [3.05, 3.63) is 58.4 Å². The van der Waals surface area contributed by atoms with Crippen LogP contribution in [0.4, 0.5) is 5.69 Å². The molecule has 0 atom stereocenters. The van der Waals surface area contributed by atoms with Gasteiger partial charge in [-0.1, -0.05) is 17.7 Å². The second-order valence-corrected chi connectivity index (χ2v) is 5.11. The van der Waals surface area contributed by atoms with Crippen LogP contribution in [0.3, 0.4) is 0 Å². The number of benzene rings is 1. The fourth-order valence-electron chi connectivity index (χ4n) is 2.01. The molecule has 2 N–H and O–H groups in total. The summed E-state index contributed by atoms with van der Waals surface area (Å²) in [5.74, 6) is -0.168. The van der Waals surface area contributed by atoms with Gasteiger partial charge in [-0.15, -0.1) is 0 Å². The summed E-state index contributed by atoms with van der Waals surface area (Å²) in [6.07, 6.45) is 1.72. The topological polar surface area (TPSA) is 54.0 Å². The molecule has 1 aromatic carbocycles. The minimum Gasteiger partial charge on any atom is -0.385 e.